The molecule has 0 fully saturated rings. The molecule has 0 spiro atoms. The Balaban J connectivity index is 1.63. The molecule has 1 atom stereocenters. The minimum Gasteiger partial charge on any atom is -0.350 e. The van der Waals surface area contributed by atoms with Crippen molar-refractivity contribution in [2.24, 2.45) is 0 Å². The molecule has 0 aliphatic carbocycles. The summed E-state index contributed by atoms with van der Waals surface area (Å²) < 4.78 is 13.6. The molecule has 1 N–H and O–H groups in total. The highest BCUT2D eigenvalue weighted by Gasteiger charge is 2.30. The number of nitrogens with zero attached hydrogens (tertiary/aromatic N) is 1. The van der Waals surface area contributed by atoms with Crippen LogP contribution in [0.4, 0.5) is 4.39 Å². The van der Waals surface area contributed by atoms with E-state index in [0.29, 0.717) is 13.0 Å². The molecule has 37 heavy (non-hydrogen) atoms. The minimum absolute atomic E-state index is 0.165. The van der Waals surface area contributed by atoms with Gasteiger partial charge in [-0.25, -0.2) is 4.39 Å². The number of halogens is 1. The highest BCUT2D eigenvalue weighted by atomic mass is 19.1. The molecular formula is C32H31FN2O2. The third-order valence-electron chi connectivity index (χ3n) is 6.32. The molecule has 5 heteroatoms. The summed E-state index contributed by atoms with van der Waals surface area (Å²) >= 11 is 0. The number of benzene rings is 4. The van der Waals surface area contributed by atoms with Gasteiger partial charge in [-0.05, 0) is 41.3 Å². The summed E-state index contributed by atoms with van der Waals surface area (Å²) in [6.45, 7) is 2.58. The molecule has 4 aromatic rings. The van der Waals surface area contributed by atoms with Crippen molar-refractivity contribution in [3.8, 4) is 0 Å². The number of nitrogens with one attached hydrogen (secondary N) is 1. The maximum atomic E-state index is 13.7. The van der Waals surface area contributed by atoms with Crippen LogP contribution >= 0.6 is 0 Å². The molecule has 4 rings (SSSR count). The SMILES string of the molecule is Cc1ccc(CNC(=O)[C@@H](Cc2ccccc2)N(Cc2ccc(F)cc2)C(=O)Cc2ccccc2)cc1. The van der Waals surface area contributed by atoms with E-state index in [2.05, 4.69) is 5.32 Å². The van der Waals surface area contributed by atoms with Crippen LogP contribution in [0.2, 0.25) is 0 Å². The van der Waals surface area contributed by atoms with Crippen LogP contribution < -0.4 is 5.32 Å². The lowest BCUT2D eigenvalue weighted by Gasteiger charge is -2.32. The van der Waals surface area contributed by atoms with E-state index in [1.54, 1.807) is 17.0 Å². The van der Waals surface area contributed by atoms with Crippen LogP contribution in [0, 0.1) is 12.7 Å². The lowest BCUT2D eigenvalue weighted by Crippen LogP contribution is -2.50. The lowest BCUT2D eigenvalue weighted by atomic mass is 10.0. The third-order valence-corrected chi connectivity index (χ3v) is 6.32. The predicted octanol–water partition coefficient (Wildman–Crippen LogP) is 5.63. The van der Waals surface area contributed by atoms with Crippen LogP contribution in [0.25, 0.3) is 0 Å². The fourth-order valence-corrected chi connectivity index (χ4v) is 4.23. The zero-order chi connectivity index (χ0) is 26.0. The third kappa shape index (κ3) is 7.61. The first-order chi connectivity index (χ1) is 18.0. The Hall–Kier alpha value is -4.25. The van der Waals surface area contributed by atoms with Gasteiger partial charge in [-0.3, -0.25) is 9.59 Å². The smallest absolute Gasteiger partial charge is 0.243 e. The van der Waals surface area contributed by atoms with E-state index in [4.69, 9.17) is 0 Å². The monoisotopic (exact) mass is 494 g/mol. The minimum atomic E-state index is -0.742. The van der Waals surface area contributed by atoms with E-state index in [-0.39, 0.29) is 30.6 Å². The van der Waals surface area contributed by atoms with Crippen molar-refractivity contribution in [1.82, 2.24) is 10.2 Å². The first-order valence-corrected chi connectivity index (χ1v) is 12.4. The van der Waals surface area contributed by atoms with Crippen LogP contribution in [-0.4, -0.2) is 22.8 Å². The molecule has 0 aliphatic rings. The Labute approximate surface area is 217 Å². The standard InChI is InChI=1S/C32H31FN2O2/c1-24-12-14-27(15-13-24)22-34-32(37)30(20-25-8-4-2-5-9-25)35(23-28-16-18-29(33)19-17-28)31(36)21-26-10-6-3-7-11-26/h2-19,30H,20-23H2,1H3,(H,34,37)/t30-/m1/s1. The van der Waals surface area contributed by atoms with Crippen LogP contribution in [0.15, 0.2) is 109 Å². The molecule has 0 bridgehead atoms. The van der Waals surface area contributed by atoms with Gasteiger partial charge in [-0.15, -0.1) is 0 Å². The van der Waals surface area contributed by atoms with Gasteiger partial charge >= 0.3 is 0 Å². The second-order valence-electron chi connectivity index (χ2n) is 9.22. The number of amides is 2. The lowest BCUT2D eigenvalue weighted by molar-refractivity contribution is -0.140. The Kier molecular flexibility index (Phi) is 8.82. The molecule has 0 unspecified atom stereocenters. The molecule has 0 aliphatic heterocycles. The maximum Gasteiger partial charge on any atom is 0.243 e. The molecule has 0 saturated heterocycles. The summed E-state index contributed by atoms with van der Waals surface area (Å²) in [4.78, 5) is 29.0. The second-order valence-corrected chi connectivity index (χ2v) is 9.22. The molecule has 0 radical (unpaired) electrons. The van der Waals surface area contributed by atoms with E-state index in [9.17, 15) is 14.0 Å². The average molecular weight is 495 g/mol. The Morgan fingerprint density at radius 1 is 0.730 bits per heavy atom. The number of hydrogen-bond acceptors (Lipinski definition) is 2. The van der Waals surface area contributed by atoms with Gasteiger partial charge in [0.1, 0.15) is 11.9 Å². The first-order valence-electron chi connectivity index (χ1n) is 12.4. The van der Waals surface area contributed by atoms with Crippen molar-refractivity contribution >= 4 is 11.8 Å². The largest absolute Gasteiger partial charge is 0.350 e. The van der Waals surface area contributed by atoms with Gasteiger partial charge in [-0.1, -0.05) is 103 Å². The van der Waals surface area contributed by atoms with Crippen molar-refractivity contribution < 1.29 is 14.0 Å². The zero-order valence-electron chi connectivity index (χ0n) is 20.9. The van der Waals surface area contributed by atoms with Gasteiger partial charge in [0.05, 0.1) is 6.42 Å². The van der Waals surface area contributed by atoms with Gasteiger partial charge in [0.25, 0.3) is 0 Å². The number of carbonyl (C=O) groups is 2. The van der Waals surface area contributed by atoms with Crippen LogP contribution in [-0.2, 0) is 35.5 Å². The van der Waals surface area contributed by atoms with Crippen molar-refractivity contribution in [3.63, 3.8) is 0 Å². The molecule has 2 amide bonds. The van der Waals surface area contributed by atoms with Gasteiger partial charge in [0.2, 0.25) is 11.8 Å². The number of aryl methyl sites for hydroxylation is 1. The number of hydrogen-bond donors (Lipinski definition) is 1. The van der Waals surface area contributed by atoms with Crippen LogP contribution in [0.1, 0.15) is 27.8 Å². The highest BCUT2D eigenvalue weighted by molar-refractivity contribution is 5.88. The molecular weight excluding hydrogens is 463 g/mol. The Morgan fingerprint density at radius 3 is 1.92 bits per heavy atom. The highest BCUT2D eigenvalue weighted by Crippen LogP contribution is 2.17. The van der Waals surface area contributed by atoms with Gasteiger partial charge in [0.15, 0.2) is 0 Å². The molecule has 0 aromatic heterocycles. The van der Waals surface area contributed by atoms with Crippen molar-refractivity contribution in [2.45, 2.75) is 38.9 Å². The fraction of sp³-hybridized carbons (Fsp3) is 0.188. The van der Waals surface area contributed by atoms with Crippen molar-refractivity contribution in [3.05, 3.63) is 143 Å². The van der Waals surface area contributed by atoms with Gasteiger partial charge in [0, 0.05) is 19.5 Å². The quantitative estimate of drug-likeness (QED) is 0.311. The zero-order valence-corrected chi connectivity index (χ0v) is 20.9. The van der Waals surface area contributed by atoms with Crippen LogP contribution in [0.5, 0.6) is 0 Å². The number of carbonyl (C=O) groups excluding carboxylic acids is 2. The van der Waals surface area contributed by atoms with E-state index < -0.39 is 6.04 Å². The summed E-state index contributed by atoms with van der Waals surface area (Å²) in [6.07, 6.45) is 0.529. The normalized spacial score (nSPS) is 11.5. The van der Waals surface area contributed by atoms with Crippen molar-refractivity contribution in [1.29, 1.82) is 0 Å². The summed E-state index contributed by atoms with van der Waals surface area (Å²) in [5.74, 6) is -0.738. The fourth-order valence-electron chi connectivity index (χ4n) is 4.23. The Bertz CT molecular complexity index is 1290. The summed E-state index contributed by atoms with van der Waals surface area (Å²) in [5, 5.41) is 3.04. The van der Waals surface area contributed by atoms with Crippen molar-refractivity contribution in [2.75, 3.05) is 0 Å². The summed E-state index contributed by atoms with van der Waals surface area (Å²) in [7, 11) is 0. The molecule has 188 valence electrons. The molecule has 0 saturated carbocycles. The molecule has 0 heterocycles. The first kappa shape index (κ1) is 25.8. The van der Waals surface area contributed by atoms with Crippen LogP contribution in [0.3, 0.4) is 0 Å². The van der Waals surface area contributed by atoms with E-state index in [0.717, 1.165) is 27.8 Å². The van der Waals surface area contributed by atoms with Gasteiger partial charge < -0.3 is 10.2 Å². The maximum absolute atomic E-state index is 13.7. The van der Waals surface area contributed by atoms with E-state index in [1.807, 2.05) is 91.9 Å². The topological polar surface area (TPSA) is 49.4 Å². The Morgan fingerprint density at radius 2 is 1.30 bits per heavy atom. The summed E-state index contributed by atoms with van der Waals surface area (Å²) in [5.41, 5.74) is 4.71. The summed E-state index contributed by atoms with van der Waals surface area (Å²) in [6, 6.07) is 32.5. The van der Waals surface area contributed by atoms with E-state index >= 15 is 0 Å². The van der Waals surface area contributed by atoms with E-state index in [1.165, 1.54) is 12.1 Å². The van der Waals surface area contributed by atoms with Gasteiger partial charge in [-0.2, -0.15) is 0 Å². The molecule has 4 nitrogen and oxygen atoms in total. The number of rotatable bonds is 10. The molecule has 4 aromatic carbocycles. The average Bonchev–Trinajstić information content (AvgIpc) is 2.92. The second kappa shape index (κ2) is 12.6. The predicted molar refractivity (Wildman–Crippen MR) is 144 cm³/mol.